The van der Waals surface area contributed by atoms with Crippen LogP contribution in [0.25, 0.3) is 0 Å². The van der Waals surface area contributed by atoms with Crippen LogP contribution < -0.4 is 15.0 Å². The van der Waals surface area contributed by atoms with Crippen LogP contribution in [-0.2, 0) is 16.1 Å². The molecule has 9 nitrogen and oxygen atoms in total. The molecule has 4 heterocycles. The highest BCUT2D eigenvalue weighted by molar-refractivity contribution is 7.17. The molecule has 0 saturated carbocycles. The predicted octanol–water partition coefficient (Wildman–Crippen LogP) is 2.71. The zero-order chi connectivity index (χ0) is 21.8. The molecular weight excluding hydrogens is 430 g/mol. The SMILES string of the molecule is O=C(Nc1nnc(OCc2ccc(C3COC3)cc2)s1)c1cccnc1N1CCOCC1. The van der Waals surface area contributed by atoms with Crippen LogP contribution in [-0.4, -0.2) is 60.6 Å². The topological polar surface area (TPSA) is 98.7 Å². The van der Waals surface area contributed by atoms with E-state index in [0.29, 0.717) is 60.5 Å². The number of nitrogens with one attached hydrogen (secondary N) is 1. The summed E-state index contributed by atoms with van der Waals surface area (Å²) < 4.78 is 16.4. The number of hydrogen-bond donors (Lipinski definition) is 1. The number of pyridine rings is 1. The molecule has 2 aromatic heterocycles. The molecule has 1 aromatic carbocycles. The third-order valence-electron chi connectivity index (χ3n) is 5.42. The Balaban J connectivity index is 1.19. The zero-order valence-electron chi connectivity index (χ0n) is 17.4. The number of ether oxygens (including phenoxy) is 3. The normalized spacial score (nSPS) is 16.4. The number of morpholine rings is 1. The second kappa shape index (κ2) is 9.60. The van der Waals surface area contributed by atoms with E-state index in [1.54, 1.807) is 18.3 Å². The highest BCUT2D eigenvalue weighted by Crippen LogP contribution is 2.27. The summed E-state index contributed by atoms with van der Waals surface area (Å²) in [6, 6.07) is 11.8. The van der Waals surface area contributed by atoms with Gasteiger partial charge in [0.05, 0.1) is 32.0 Å². The van der Waals surface area contributed by atoms with Crippen molar-refractivity contribution in [3.05, 3.63) is 59.3 Å². The van der Waals surface area contributed by atoms with E-state index in [9.17, 15) is 4.79 Å². The van der Waals surface area contributed by atoms with Crippen LogP contribution in [0.3, 0.4) is 0 Å². The Morgan fingerprint density at radius 2 is 1.94 bits per heavy atom. The Morgan fingerprint density at radius 1 is 1.12 bits per heavy atom. The van der Waals surface area contributed by atoms with Crippen molar-refractivity contribution in [3.8, 4) is 5.19 Å². The van der Waals surface area contributed by atoms with E-state index < -0.39 is 0 Å². The fourth-order valence-corrected chi connectivity index (χ4v) is 4.13. The van der Waals surface area contributed by atoms with Gasteiger partial charge in [-0.05, 0) is 34.6 Å². The van der Waals surface area contributed by atoms with Crippen molar-refractivity contribution in [2.75, 3.05) is 49.7 Å². The van der Waals surface area contributed by atoms with Gasteiger partial charge in [-0.15, -0.1) is 5.10 Å². The lowest BCUT2D eigenvalue weighted by Crippen LogP contribution is -2.38. The molecule has 0 atom stereocenters. The molecule has 2 saturated heterocycles. The quantitative estimate of drug-likeness (QED) is 0.583. The number of anilines is 2. The molecule has 10 heteroatoms. The molecule has 1 N–H and O–H groups in total. The van der Waals surface area contributed by atoms with Gasteiger partial charge in [-0.2, -0.15) is 0 Å². The third kappa shape index (κ3) is 4.72. The summed E-state index contributed by atoms with van der Waals surface area (Å²) in [5, 5.41) is 11.6. The average Bonchev–Trinajstić information content (AvgIpc) is 3.25. The largest absolute Gasteiger partial charge is 0.464 e. The fourth-order valence-electron chi connectivity index (χ4n) is 3.54. The molecule has 32 heavy (non-hydrogen) atoms. The van der Waals surface area contributed by atoms with E-state index in [0.717, 1.165) is 18.8 Å². The van der Waals surface area contributed by atoms with E-state index in [-0.39, 0.29) is 5.91 Å². The molecule has 2 fully saturated rings. The smallest absolute Gasteiger partial charge is 0.296 e. The van der Waals surface area contributed by atoms with Crippen molar-refractivity contribution in [2.24, 2.45) is 0 Å². The maximum atomic E-state index is 12.9. The standard InChI is InChI=1S/C22H23N5O4S/c28-20(18-2-1-7-23-19(18)27-8-10-29-11-9-27)24-21-25-26-22(32-21)31-12-15-3-5-16(6-4-15)17-13-30-14-17/h1-7,17H,8-14H2,(H,24,25,28). The molecular formula is C22H23N5O4S. The third-order valence-corrected chi connectivity index (χ3v) is 6.17. The zero-order valence-corrected chi connectivity index (χ0v) is 18.2. The molecule has 166 valence electrons. The molecule has 0 unspecified atom stereocenters. The molecule has 0 radical (unpaired) electrons. The molecule has 0 spiro atoms. The van der Waals surface area contributed by atoms with Crippen LogP contribution in [0.5, 0.6) is 5.19 Å². The average molecular weight is 454 g/mol. The molecule has 3 aromatic rings. The second-order valence-corrected chi connectivity index (χ2v) is 8.51. The number of rotatable bonds is 7. The lowest BCUT2D eigenvalue weighted by molar-refractivity contribution is 0.00841. The molecule has 5 rings (SSSR count). The van der Waals surface area contributed by atoms with Crippen molar-refractivity contribution in [1.82, 2.24) is 15.2 Å². The first kappa shape index (κ1) is 20.8. The van der Waals surface area contributed by atoms with Crippen LogP contribution in [0.15, 0.2) is 42.6 Å². The van der Waals surface area contributed by atoms with Gasteiger partial charge < -0.3 is 19.1 Å². The molecule has 0 bridgehead atoms. The lowest BCUT2D eigenvalue weighted by Gasteiger charge is -2.28. The van der Waals surface area contributed by atoms with Gasteiger partial charge in [0.2, 0.25) is 5.13 Å². The molecule has 2 aliphatic rings. The van der Waals surface area contributed by atoms with Crippen LogP contribution in [0.2, 0.25) is 0 Å². The number of nitrogens with zero attached hydrogens (tertiary/aromatic N) is 4. The molecule has 0 aliphatic carbocycles. The Hall–Kier alpha value is -3.08. The van der Waals surface area contributed by atoms with Crippen LogP contribution in [0, 0.1) is 0 Å². The van der Waals surface area contributed by atoms with Crippen molar-refractivity contribution in [1.29, 1.82) is 0 Å². The van der Waals surface area contributed by atoms with Gasteiger partial charge in [0.15, 0.2) is 0 Å². The number of amides is 1. The van der Waals surface area contributed by atoms with Crippen LogP contribution in [0.4, 0.5) is 10.9 Å². The first-order valence-corrected chi connectivity index (χ1v) is 11.3. The minimum Gasteiger partial charge on any atom is -0.464 e. The summed E-state index contributed by atoms with van der Waals surface area (Å²) in [6.45, 7) is 4.60. The highest BCUT2D eigenvalue weighted by Gasteiger charge is 2.21. The van der Waals surface area contributed by atoms with Crippen molar-refractivity contribution in [3.63, 3.8) is 0 Å². The van der Waals surface area contributed by atoms with Crippen molar-refractivity contribution < 1.29 is 19.0 Å². The van der Waals surface area contributed by atoms with Crippen LogP contribution >= 0.6 is 11.3 Å². The Kier molecular flexibility index (Phi) is 6.24. The number of hydrogen-bond acceptors (Lipinski definition) is 9. The van der Waals surface area contributed by atoms with E-state index in [2.05, 4.69) is 37.5 Å². The van der Waals surface area contributed by atoms with Crippen molar-refractivity contribution >= 4 is 28.2 Å². The number of aromatic nitrogens is 3. The first-order valence-electron chi connectivity index (χ1n) is 10.5. The number of carbonyl (C=O) groups is 1. The summed E-state index contributed by atoms with van der Waals surface area (Å²) in [7, 11) is 0. The van der Waals surface area contributed by atoms with Crippen LogP contribution in [0.1, 0.15) is 27.4 Å². The van der Waals surface area contributed by atoms with E-state index in [1.165, 1.54) is 16.9 Å². The van der Waals surface area contributed by atoms with Gasteiger partial charge in [-0.3, -0.25) is 10.1 Å². The van der Waals surface area contributed by atoms with Gasteiger partial charge in [-0.1, -0.05) is 29.4 Å². The Bertz CT molecular complexity index is 1060. The summed E-state index contributed by atoms with van der Waals surface area (Å²) in [5.74, 6) is 0.868. The van der Waals surface area contributed by atoms with Gasteiger partial charge in [0, 0.05) is 25.2 Å². The summed E-state index contributed by atoms with van der Waals surface area (Å²) >= 11 is 1.19. The summed E-state index contributed by atoms with van der Waals surface area (Å²) in [6.07, 6.45) is 1.69. The van der Waals surface area contributed by atoms with Crippen molar-refractivity contribution in [2.45, 2.75) is 12.5 Å². The first-order chi connectivity index (χ1) is 15.8. The second-order valence-electron chi connectivity index (χ2n) is 7.57. The minimum absolute atomic E-state index is 0.280. The number of carbonyl (C=O) groups excluding carboxylic acids is 1. The lowest BCUT2D eigenvalue weighted by atomic mass is 9.97. The fraction of sp³-hybridized carbons (Fsp3) is 0.364. The molecule has 2 aliphatic heterocycles. The predicted molar refractivity (Wildman–Crippen MR) is 119 cm³/mol. The maximum Gasteiger partial charge on any atom is 0.296 e. The van der Waals surface area contributed by atoms with E-state index >= 15 is 0 Å². The Morgan fingerprint density at radius 3 is 2.69 bits per heavy atom. The Labute approximate surface area is 189 Å². The maximum absolute atomic E-state index is 12.9. The highest BCUT2D eigenvalue weighted by atomic mass is 32.1. The number of benzene rings is 1. The monoisotopic (exact) mass is 453 g/mol. The minimum atomic E-state index is -0.280. The van der Waals surface area contributed by atoms with Gasteiger partial charge in [0.1, 0.15) is 12.4 Å². The molecule has 1 amide bonds. The van der Waals surface area contributed by atoms with Gasteiger partial charge >= 0.3 is 0 Å². The van der Waals surface area contributed by atoms with E-state index in [4.69, 9.17) is 14.2 Å². The summed E-state index contributed by atoms with van der Waals surface area (Å²) in [5.41, 5.74) is 2.82. The summed E-state index contributed by atoms with van der Waals surface area (Å²) in [4.78, 5) is 19.3. The van der Waals surface area contributed by atoms with E-state index in [1.807, 2.05) is 12.1 Å². The van der Waals surface area contributed by atoms with Gasteiger partial charge in [-0.25, -0.2) is 4.98 Å². The van der Waals surface area contributed by atoms with Gasteiger partial charge in [0.25, 0.3) is 11.1 Å².